The number of carbonyl (C=O) groups is 2. The van der Waals surface area contributed by atoms with Gasteiger partial charge in [0.2, 0.25) is 5.91 Å². The van der Waals surface area contributed by atoms with Crippen molar-refractivity contribution in [2.45, 2.75) is 31.8 Å². The fourth-order valence-corrected chi connectivity index (χ4v) is 8.80. The number of rotatable bonds is 6. The Kier molecular flexibility index (Phi) is 6.62. The van der Waals surface area contributed by atoms with Gasteiger partial charge >= 0.3 is 5.97 Å². The van der Waals surface area contributed by atoms with Gasteiger partial charge in [-0.25, -0.2) is 4.79 Å². The molecule has 0 N–H and O–H groups in total. The molecule has 0 saturated carbocycles. The summed E-state index contributed by atoms with van der Waals surface area (Å²) in [5, 5.41) is 3.64. The van der Waals surface area contributed by atoms with Crippen molar-refractivity contribution in [1.29, 1.82) is 0 Å². The molecule has 1 amide bonds. The number of likely N-dealkylation sites (tertiary alicyclic amines) is 1. The number of nitrogens with zero attached hydrogens (tertiary/aromatic N) is 1. The van der Waals surface area contributed by atoms with Crippen LogP contribution in [-0.4, -0.2) is 41.8 Å². The lowest BCUT2D eigenvalue weighted by atomic mass is 10.2. The maximum Gasteiger partial charge on any atom is 0.328 e. The van der Waals surface area contributed by atoms with Gasteiger partial charge in [-0.3, -0.25) is 4.79 Å². The molecule has 0 radical (unpaired) electrons. The highest BCUT2D eigenvalue weighted by Gasteiger charge is 2.40. The van der Waals surface area contributed by atoms with Crippen molar-refractivity contribution in [2.24, 2.45) is 0 Å². The Morgan fingerprint density at radius 1 is 0.906 bits per heavy atom. The Bertz CT molecular complexity index is 1030. The van der Waals surface area contributed by atoms with Crippen molar-refractivity contribution < 1.29 is 14.3 Å². The molecule has 0 aromatic heterocycles. The van der Waals surface area contributed by atoms with Crippen LogP contribution in [0.1, 0.15) is 19.8 Å². The van der Waals surface area contributed by atoms with Crippen LogP contribution >= 0.6 is 6.89 Å². The minimum Gasteiger partial charge on any atom is -0.467 e. The van der Waals surface area contributed by atoms with Crippen LogP contribution in [0.3, 0.4) is 0 Å². The molecule has 0 aliphatic carbocycles. The summed E-state index contributed by atoms with van der Waals surface area (Å²) in [5.41, 5.74) is 0. The van der Waals surface area contributed by atoms with Gasteiger partial charge in [0, 0.05) is 12.5 Å². The number of hydrogen-bond donors (Lipinski definition) is 0. The molecule has 4 rings (SSSR count). The van der Waals surface area contributed by atoms with E-state index in [0.717, 1.165) is 0 Å². The zero-order chi connectivity index (χ0) is 22.6. The molecule has 1 fully saturated rings. The fraction of sp³-hybridized carbons (Fsp3) is 0.222. The summed E-state index contributed by atoms with van der Waals surface area (Å²) < 4.78 is 5.01. The number of ether oxygens (including phenoxy) is 1. The van der Waals surface area contributed by atoms with Crippen LogP contribution in [0.25, 0.3) is 0 Å². The topological polar surface area (TPSA) is 46.6 Å². The van der Waals surface area contributed by atoms with E-state index in [4.69, 9.17) is 4.74 Å². The Morgan fingerprint density at radius 2 is 1.34 bits per heavy atom. The lowest BCUT2D eigenvalue weighted by molar-refractivity contribution is -0.149. The first kappa shape index (κ1) is 22.1. The highest BCUT2D eigenvalue weighted by molar-refractivity contribution is 7.94. The highest BCUT2D eigenvalue weighted by atomic mass is 31.2. The van der Waals surface area contributed by atoms with Crippen LogP contribution in [0.2, 0.25) is 0 Å². The molecule has 1 aliphatic heterocycles. The molecule has 2 atom stereocenters. The molecule has 1 aliphatic rings. The predicted molar refractivity (Wildman–Crippen MR) is 133 cm³/mol. The van der Waals surface area contributed by atoms with E-state index in [9.17, 15) is 9.59 Å². The number of hydrogen-bond acceptors (Lipinski definition) is 3. The second-order valence-electron chi connectivity index (χ2n) is 8.00. The third-order valence-electron chi connectivity index (χ3n) is 6.10. The Morgan fingerprint density at radius 3 is 1.75 bits per heavy atom. The van der Waals surface area contributed by atoms with E-state index in [1.807, 2.05) is 25.1 Å². The summed E-state index contributed by atoms with van der Waals surface area (Å²) in [6.07, 6.45) is 0.864. The zero-order valence-electron chi connectivity index (χ0n) is 18.4. The average molecular weight is 445 g/mol. The van der Waals surface area contributed by atoms with Crippen molar-refractivity contribution in [1.82, 2.24) is 4.90 Å². The van der Waals surface area contributed by atoms with Crippen LogP contribution in [0, 0.1) is 0 Å². The van der Waals surface area contributed by atoms with E-state index in [-0.39, 0.29) is 17.9 Å². The van der Waals surface area contributed by atoms with Gasteiger partial charge in [0.05, 0.1) is 7.11 Å². The first-order chi connectivity index (χ1) is 15.6. The number of esters is 1. The van der Waals surface area contributed by atoms with Crippen molar-refractivity contribution >= 4 is 40.5 Å². The van der Waals surface area contributed by atoms with E-state index in [0.29, 0.717) is 12.8 Å². The summed E-state index contributed by atoms with van der Waals surface area (Å²) in [6, 6.07) is 30.7. The minimum atomic E-state index is -2.22. The summed E-state index contributed by atoms with van der Waals surface area (Å²) in [5.74, 6) is 1.96. The lowest BCUT2D eigenvalue weighted by Gasteiger charge is -2.34. The maximum atomic E-state index is 12.9. The van der Waals surface area contributed by atoms with Gasteiger partial charge in [0.15, 0.2) is 0 Å². The van der Waals surface area contributed by atoms with Crippen LogP contribution in [0.5, 0.6) is 0 Å². The van der Waals surface area contributed by atoms with Crippen molar-refractivity contribution in [3.05, 3.63) is 91.0 Å². The summed E-state index contributed by atoms with van der Waals surface area (Å²) in [6.45, 7) is -0.208. The standard InChI is InChI=1S/C27H28NO3P/c1-21(28-25(27(30)31-2)18-19-26(28)29)20-32(22-12-6-3-7-13-22,23-14-8-4-9-15-23)24-16-10-5-11-17-24/h3-17,20-21,25H,18-19H2,1-2H3. The number of amides is 1. The van der Waals surface area contributed by atoms with Crippen molar-refractivity contribution in [3.8, 4) is 0 Å². The fourth-order valence-electron chi connectivity index (χ4n) is 4.67. The maximum absolute atomic E-state index is 12.9. The summed E-state index contributed by atoms with van der Waals surface area (Å²) in [4.78, 5) is 27.0. The number of benzene rings is 3. The second-order valence-corrected chi connectivity index (χ2v) is 11.3. The largest absolute Gasteiger partial charge is 0.467 e. The van der Waals surface area contributed by atoms with Crippen molar-refractivity contribution in [3.63, 3.8) is 0 Å². The molecule has 1 saturated heterocycles. The lowest BCUT2D eigenvalue weighted by Crippen LogP contribution is -2.46. The van der Waals surface area contributed by atoms with Crippen molar-refractivity contribution in [2.75, 3.05) is 7.11 Å². The predicted octanol–water partition coefficient (Wildman–Crippen LogP) is 3.34. The van der Waals surface area contributed by atoms with Gasteiger partial charge in [-0.1, -0.05) is 96.8 Å². The van der Waals surface area contributed by atoms with Crippen LogP contribution < -0.4 is 15.9 Å². The SMILES string of the molecule is COC(=O)C1CCC(=O)N1C(C)C=P(c1ccccc1)(c1ccccc1)c1ccccc1. The van der Waals surface area contributed by atoms with Crippen LogP contribution in [-0.2, 0) is 14.3 Å². The van der Waals surface area contributed by atoms with E-state index < -0.39 is 12.9 Å². The minimum absolute atomic E-state index is 0.00330. The summed E-state index contributed by atoms with van der Waals surface area (Å²) in [7, 11) is 1.38. The molecule has 3 aromatic rings. The van der Waals surface area contributed by atoms with Gasteiger partial charge in [-0.05, 0) is 36.1 Å². The molecule has 32 heavy (non-hydrogen) atoms. The highest BCUT2D eigenvalue weighted by Crippen LogP contribution is 2.44. The van der Waals surface area contributed by atoms with E-state index >= 15 is 0 Å². The molecule has 3 aromatic carbocycles. The first-order valence-electron chi connectivity index (χ1n) is 10.9. The van der Waals surface area contributed by atoms with Gasteiger partial charge in [-0.15, -0.1) is 0 Å². The zero-order valence-corrected chi connectivity index (χ0v) is 19.3. The van der Waals surface area contributed by atoms with E-state index in [1.165, 1.54) is 23.0 Å². The molecule has 2 unspecified atom stereocenters. The van der Waals surface area contributed by atoms with Gasteiger partial charge in [-0.2, -0.15) is 0 Å². The van der Waals surface area contributed by atoms with Crippen LogP contribution in [0.15, 0.2) is 91.0 Å². The Hall–Kier alpha value is -3.10. The molecular weight excluding hydrogens is 417 g/mol. The molecule has 4 nitrogen and oxygen atoms in total. The Balaban J connectivity index is 1.98. The smallest absolute Gasteiger partial charge is 0.328 e. The van der Waals surface area contributed by atoms with E-state index in [2.05, 4.69) is 78.6 Å². The molecule has 5 heteroatoms. The Labute approximate surface area is 189 Å². The van der Waals surface area contributed by atoms with E-state index in [1.54, 1.807) is 4.90 Å². The van der Waals surface area contributed by atoms with Crippen LogP contribution in [0.4, 0.5) is 0 Å². The van der Waals surface area contributed by atoms with Gasteiger partial charge in [0.1, 0.15) is 6.04 Å². The molecule has 1 heterocycles. The van der Waals surface area contributed by atoms with Gasteiger partial charge in [0.25, 0.3) is 0 Å². The second kappa shape index (κ2) is 9.58. The first-order valence-corrected chi connectivity index (χ1v) is 12.7. The monoisotopic (exact) mass is 445 g/mol. The quantitative estimate of drug-likeness (QED) is 0.432. The normalized spacial score (nSPS) is 17.1. The summed E-state index contributed by atoms with van der Waals surface area (Å²) >= 11 is 0. The molecule has 164 valence electrons. The third-order valence-corrected chi connectivity index (χ3v) is 10.3. The average Bonchev–Trinajstić information content (AvgIpc) is 3.25. The number of carbonyl (C=O) groups excluding carboxylic acids is 2. The molecule has 0 bridgehead atoms. The third kappa shape index (κ3) is 4.03. The molecular formula is C27H28NO3P. The molecule has 0 spiro atoms. The van der Waals surface area contributed by atoms with Gasteiger partial charge < -0.3 is 9.64 Å². The number of methoxy groups -OCH3 is 1.